The Hall–Kier alpha value is -6.31. The van der Waals surface area contributed by atoms with Gasteiger partial charge in [-0.3, -0.25) is 4.98 Å². The maximum absolute atomic E-state index is 4.92. The predicted molar refractivity (Wildman–Crippen MR) is 213 cm³/mol. The fraction of sp³-hybridized carbons (Fsp3) is 0.0408. The van der Waals surface area contributed by atoms with Crippen molar-refractivity contribution in [1.82, 2.24) is 4.98 Å². The maximum atomic E-state index is 4.92. The minimum Gasteiger partial charge on any atom is -0.256 e. The molecule has 1 heteroatoms. The molecule has 2 aliphatic rings. The summed E-state index contributed by atoms with van der Waals surface area (Å²) in [6, 6.07) is 50.6. The van der Waals surface area contributed by atoms with E-state index in [2.05, 4.69) is 147 Å². The minimum absolute atomic E-state index is 1.10. The molecule has 0 amide bonds. The third-order valence-corrected chi connectivity index (χ3v) is 11.7. The van der Waals surface area contributed by atoms with Gasteiger partial charge < -0.3 is 0 Å². The molecule has 12 rings (SSSR count). The van der Waals surface area contributed by atoms with Gasteiger partial charge in [-0.2, -0.15) is 0 Å². The summed E-state index contributed by atoms with van der Waals surface area (Å²) in [5, 5.41) is 15.7. The summed E-state index contributed by atoms with van der Waals surface area (Å²) < 4.78 is 0. The molecule has 0 N–H and O–H groups in total. The van der Waals surface area contributed by atoms with Crippen molar-refractivity contribution in [3.63, 3.8) is 0 Å². The third-order valence-electron chi connectivity index (χ3n) is 11.7. The number of pyridine rings is 1. The molecule has 10 aromatic rings. The molecule has 0 saturated carbocycles. The molecule has 1 heterocycles. The molecule has 230 valence electrons. The van der Waals surface area contributed by atoms with Crippen molar-refractivity contribution in [1.29, 1.82) is 0 Å². The highest BCUT2D eigenvalue weighted by Crippen LogP contribution is 2.53. The largest absolute Gasteiger partial charge is 0.256 e. The van der Waals surface area contributed by atoms with Gasteiger partial charge >= 0.3 is 0 Å². The van der Waals surface area contributed by atoms with Gasteiger partial charge in [0.15, 0.2) is 0 Å². The lowest BCUT2D eigenvalue weighted by molar-refractivity contribution is 1.34. The smallest absolute Gasteiger partial charge is 0.0787 e. The highest BCUT2D eigenvalue weighted by atomic mass is 14.7. The number of fused-ring (bicyclic) bond motifs is 14. The van der Waals surface area contributed by atoms with Gasteiger partial charge in [-0.15, -0.1) is 0 Å². The van der Waals surface area contributed by atoms with E-state index in [9.17, 15) is 0 Å². The first-order valence-electron chi connectivity index (χ1n) is 17.5. The van der Waals surface area contributed by atoms with Gasteiger partial charge in [0.1, 0.15) is 0 Å². The standard InChI is InChI=1S/C49H29N/c1-26-16-18-32-37(21-26)43(23-42-35-19-17-27(2)46-36-15-8-20-50-49(36)45(48(35)46)25-40(32)42)38-22-41-34-14-7-13-33-28-9-3-6-12-31(28)44(47(33)34)24-39(41)30-11-5-4-10-29(30)38/h3-25H,1-2H3. The first-order valence-corrected chi connectivity index (χ1v) is 17.5. The monoisotopic (exact) mass is 631 g/mol. The van der Waals surface area contributed by atoms with E-state index in [0.29, 0.717) is 0 Å². The molecule has 1 aromatic heterocycles. The van der Waals surface area contributed by atoms with Crippen LogP contribution in [-0.2, 0) is 0 Å². The molecule has 0 bridgehead atoms. The maximum Gasteiger partial charge on any atom is 0.0787 e. The summed E-state index contributed by atoms with van der Waals surface area (Å²) in [5.41, 5.74) is 15.4. The number of aromatic nitrogens is 1. The SMILES string of the molecule is Cc1ccc2c(c1)c(-c1cc3c4cccc5c4c(cc3c3ccccc13)-c1ccccc1-5)cc1c3ccc(C)c4c3c(cc21)-c1ncccc1-4. The number of rotatable bonds is 1. The van der Waals surface area contributed by atoms with Crippen molar-refractivity contribution in [3.8, 4) is 55.8 Å². The summed E-state index contributed by atoms with van der Waals surface area (Å²) in [6.45, 7) is 4.45. The number of benzene rings is 9. The summed E-state index contributed by atoms with van der Waals surface area (Å²) in [4.78, 5) is 4.92. The van der Waals surface area contributed by atoms with Crippen LogP contribution in [0.5, 0.6) is 0 Å². The van der Waals surface area contributed by atoms with Crippen LogP contribution < -0.4 is 0 Å². The van der Waals surface area contributed by atoms with Crippen LogP contribution in [0.4, 0.5) is 0 Å². The van der Waals surface area contributed by atoms with Crippen LogP contribution in [0.2, 0.25) is 0 Å². The molecule has 0 fully saturated rings. The van der Waals surface area contributed by atoms with Crippen LogP contribution in [-0.4, -0.2) is 4.98 Å². The van der Waals surface area contributed by atoms with Crippen LogP contribution in [0.25, 0.3) is 120 Å². The molecular weight excluding hydrogens is 603 g/mol. The molecule has 2 aliphatic carbocycles. The van der Waals surface area contributed by atoms with Gasteiger partial charge in [-0.1, -0.05) is 109 Å². The van der Waals surface area contributed by atoms with Gasteiger partial charge in [0.25, 0.3) is 0 Å². The van der Waals surface area contributed by atoms with E-state index in [1.807, 2.05) is 6.20 Å². The second-order valence-corrected chi connectivity index (χ2v) is 14.3. The van der Waals surface area contributed by atoms with Crippen molar-refractivity contribution < 1.29 is 0 Å². The van der Waals surface area contributed by atoms with Crippen LogP contribution in [0.3, 0.4) is 0 Å². The second kappa shape index (κ2) is 9.22. The van der Waals surface area contributed by atoms with Crippen LogP contribution in [0, 0.1) is 13.8 Å². The van der Waals surface area contributed by atoms with E-state index >= 15 is 0 Å². The number of nitrogens with zero attached hydrogens (tertiary/aromatic N) is 1. The van der Waals surface area contributed by atoms with Crippen molar-refractivity contribution in [3.05, 3.63) is 151 Å². The quantitative estimate of drug-likeness (QED) is 0.164. The summed E-state index contributed by atoms with van der Waals surface area (Å²) in [5.74, 6) is 0. The zero-order chi connectivity index (χ0) is 32.8. The Morgan fingerprint density at radius 2 is 0.920 bits per heavy atom. The molecular formula is C49H29N. The van der Waals surface area contributed by atoms with E-state index in [-0.39, 0.29) is 0 Å². The summed E-state index contributed by atoms with van der Waals surface area (Å²) >= 11 is 0. The van der Waals surface area contributed by atoms with E-state index in [4.69, 9.17) is 4.98 Å². The molecule has 0 radical (unpaired) electrons. The predicted octanol–water partition coefficient (Wildman–Crippen LogP) is 13.6. The Bertz CT molecular complexity index is 3220. The Labute approximate surface area is 289 Å². The van der Waals surface area contributed by atoms with E-state index in [1.165, 1.54) is 126 Å². The Morgan fingerprint density at radius 1 is 0.340 bits per heavy atom. The summed E-state index contributed by atoms with van der Waals surface area (Å²) in [7, 11) is 0. The van der Waals surface area contributed by atoms with Crippen LogP contribution in [0.15, 0.2) is 140 Å². The minimum atomic E-state index is 1.10. The molecule has 0 saturated heterocycles. The van der Waals surface area contributed by atoms with Crippen LogP contribution in [0.1, 0.15) is 11.1 Å². The molecule has 50 heavy (non-hydrogen) atoms. The number of hydrogen-bond donors (Lipinski definition) is 0. The molecule has 0 spiro atoms. The van der Waals surface area contributed by atoms with Crippen molar-refractivity contribution in [2.45, 2.75) is 13.8 Å². The fourth-order valence-electron chi connectivity index (χ4n) is 9.62. The van der Waals surface area contributed by atoms with Crippen molar-refractivity contribution >= 4 is 64.6 Å². The lowest BCUT2D eigenvalue weighted by atomic mass is 9.85. The Kier molecular flexibility index (Phi) is 4.91. The molecule has 0 unspecified atom stereocenters. The van der Waals surface area contributed by atoms with E-state index < -0.39 is 0 Å². The third kappa shape index (κ3) is 3.21. The first-order chi connectivity index (χ1) is 24.6. The van der Waals surface area contributed by atoms with Gasteiger partial charge in [0.05, 0.1) is 5.69 Å². The second-order valence-electron chi connectivity index (χ2n) is 14.3. The fourth-order valence-corrected chi connectivity index (χ4v) is 9.62. The molecule has 0 aliphatic heterocycles. The zero-order valence-corrected chi connectivity index (χ0v) is 27.7. The van der Waals surface area contributed by atoms with Gasteiger partial charge in [-0.25, -0.2) is 0 Å². The van der Waals surface area contributed by atoms with Gasteiger partial charge in [0.2, 0.25) is 0 Å². The molecule has 0 atom stereocenters. The summed E-state index contributed by atoms with van der Waals surface area (Å²) in [6.07, 6.45) is 1.93. The highest BCUT2D eigenvalue weighted by Gasteiger charge is 2.27. The first kappa shape index (κ1) is 26.6. The average Bonchev–Trinajstić information content (AvgIpc) is 3.67. The van der Waals surface area contributed by atoms with Crippen molar-refractivity contribution in [2.75, 3.05) is 0 Å². The lowest BCUT2D eigenvalue weighted by Crippen LogP contribution is -1.91. The van der Waals surface area contributed by atoms with E-state index in [1.54, 1.807) is 0 Å². The Balaban J connectivity index is 1.26. The normalized spacial score (nSPS) is 12.6. The highest BCUT2D eigenvalue weighted by molar-refractivity contribution is 6.32. The topological polar surface area (TPSA) is 12.9 Å². The van der Waals surface area contributed by atoms with Gasteiger partial charge in [-0.05, 0) is 153 Å². The van der Waals surface area contributed by atoms with Crippen LogP contribution >= 0.6 is 0 Å². The average molecular weight is 632 g/mol. The number of aryl methyl sites for hydroxylation is 2. The lowest BCUT2D eigenvalue weighted by Gasteiger charge is -2.18. The van der Waals surface area contributed by atoms with Crippen molar-refractivity contribution in [2.24, 2.45) is 0 Å². The zero-order valence-electron chi connectivity index (χ0n) is 27.7. The van der Waals surface area contributed by atoms with Gasteiger partial charge in [0, 0.05) is 17.3 Å². The van der Waals surface area contributed by atoms with E-state index in [0.717, 1.165) is 5.69 Å². The molecule has 1 nitrogen and oxygen atoms in total. The molecule has 9 aromatic carbocycles. The Morgan fingerprint density at radius 3 is 1.76 bits per heavy atom. The number of hydrogen-bond acceptors (Lipinski definition) is 1.